The molecule has 0 saturated carbocycles. The third-order valence-electron chi connectivity index (χ3n) is 5.10. The summed E-state index contributed by atoms with van der Waals surface area (Å²) in [7, 11) is 0. The van der Waals surface area contributed by atoms with Crippen molar-refractivity contribution in [3.63, 3.8) is 0 Å². The highest BCUT2D eigenvalue weighted by Crippen LogP contribution is 2.24. The van der Waals surface area contributed by atoms with E-state index in [0.29, 0.717) is 35.8 Å². The number of hydrogen-bond acceptors (Lipinski definition) is 4. The zero-order chi connectivity index (χ0) is 23.8. The Morgan fingerprint density at radius 3 is 2.26 bits per heavy atom. The van der Waals surface area contributed by atoms with Crippen LogP contribution in [-0.2, 0) is 11.3 Å². The summed E-state index contributed by atoms with van der Waals surface area (Å²) in [5.74, 6) is 0.111. The van der Waals surface area contributed by atoms with Crippen LogP contribution in [0.25, 0.3) is 11.3 Å². The van der Waals surface area contributed by atoms with Gasteiger partial charge in [0.15, 0.2) is 6.61 Å². The molecule has 0 fully saturated rings. The van der Waals surface area contributed by atoms with Crippen LogP contribution in [0.4, 0.5) is 5.69 Å². The zero-order valence-electron chi connectivity index (χ0n) is 18.9. The number of carbonyl (C=O) groups is 2. The molecule has 0 unspecified atom stereocenters. The molecule has 4 aromatic rings. The van der Waals surface area contributed by atoms with E-state index in [0.717, 1.165) is 11.1 Å². The SMILES string of the molecule is CCNC(=O)COc1ccc(NC(=O)c2cn(Cc3ccccc3)nc2-c2ccccc2)cc1. The van der Waals surface area contributed by atoms with Crippen molar-refractivity contribution < 1.29 is 14.3 Å². The maximum Gasteiger partial charge on any atom is 0.259 e. The molecule has 3 aromatic carbocycles. The second kappa shape index (κ2) is 11.0. The quantitative estimate of drug-likeness (QED) is 0.393. The molecule has 172 valence electrons. The molecule has 0 aliphatic rings. The third kappa shape index (κ3) is 5.89. The van der Waals surface area contributed by atoms with E-state index in [1.165, 1.54) is 0 Å². The lowest BCUT2D eigenvalue weighted by molar-refractivity contribution is -0.122. The number of benzene rings is 3. The molecule has 0 aliphatic carbocycles. The molecule has 2 amide bonds. The lowest BCUT2D eigenvalue weighted by Crippen LogP contribution is -2.28. The van der Waals surface area contributed by atoms with Gasteiger partial charge in [-0.3, -0.25) is 14.3 Å². The fraction of sp³-hybridized carbons (Fsp3) is 0.148. The Labute approximate surface area is 198 Å². The first kappa shape index (κ1) is 22.8. The smallest absolute Gasteiger partial charge is 0.259 e. The first-order valence-electron chi connectivity index (χ1n) is 11.1. The van der Waals surface area contributed by atoms with Crippen molar-refractivity contribution in [2.75, 3.05) is 18.5 Å². The highest BCUT2D eigenvalue weighted by molar-refractivity contribution is 6.08. The normalized spacial score (nSPS) is 10.5. The van der Waals surface area contributed by atoms with E-state index in [2.05, 4.69) is 10.6 Å². The number of carbonyl (C=O) groups excluding carboxylic acids is 2. The van der Waals surface area contributed by atoms with Crippen LogP contribution < -0.4 is 15.4 Å². The summed E-state index contributed by atoms with van der Waals surface area (Å²) >= 11 is 0. The van der Waals surface area contributed by atoms with Gasteiger partial charge >= 0.3 is 0 Å². The fourth-order valence-corrected chi connectivity index (χ4v) is 3.48. The van der Waals surface area contributed by atoms with Gasteiger partial charge in [-0.2, -0.15) is 5.10 Å². The molecule has 1 heterocycles. The fourth-order valence-electron chi connectivity index (χ4n) is 3.48. The number of anilines is 1. The van der Waals surface area contributed by atoms with Gasteiger partial charge in [0.25, 0.3) is 11.8 Å². The van der Waals surface area contributed by atoms with Gasteiger partial charge in [-0.15, -0.1) is 0 Å². The van der Waals surface area contributed by atoms with Crippen molar-refractivity contribution in [3.05, 3.63) is 102 Å². The summed E-state index contributed by atoms with van der Waals surface area (Å²) in [5, 5.41) is 10.3. The number of hydrogen-bond donors (Lipinski definition) is 2. The van der Waals surface area contributed by atoms with Gasteiger partial charge in [0.05, 0.1) is 12.1 Å². The van der Waals surface area contributed by atoms with Crippen molar-refractivity contribution in [1.82, 2.24) is 15.1 Å². The molecule has 7 heteroatoms. The van der Waals surface area contributed by atoms with Crippen LogP contribution in [0, 0.1) is 0 Å². The minimum atomic E-state index is -0.255. The van der Waals surface area contributed by atoms with Crippen molar-refractivity contribution in [3.8, 4) is 17.0 Å². The van der Waals surface area contributed by atoms with E-state index in [1.54, 1.807) is 35.1 Å². The molecular formula is C27H26N4O3. The van der Waals surface area contributed by atoms with Gasteiger partial charge in [-0.05, 0) is 36.8 Å². The Morgan fingerprint density at radius 2 is 1.59 bits per heavy atom. The van der Waals surface area contributed by atoms with Crippen LogP contribution >= 0.6 is 0 Å². The van der Waals surface area contributed by atoms with Gasteiger partial charge in [0, 0.05) is 24.0 Å². The minimum Gasteiger partial charge on any atom is -0.484 e. The van der Waals surface area contributed by atoms with E-state index in [4.69, 9.17) is 9.84 Å². The number of rotatable bonds is 9. The monoisotopic (exact) mass is 454 g/mol. The summed E-state index contributed by atoms with van der Waals surface area (Å²) in [6.07, 6.45) is 1.77. The predicted molar refractivity (Wildman–Crippen MR) is 132 cm³/mol. The van der Waals surface area contributed by atoms with Crippen LogP contribution in [0.15, 0.2) is 91.1 Å². The summed E-state index contributed by atoms with van der Waals surface area (Å²) in [4.78, 5) is 24.7. The Bertz CT molecular complexity index is 1240. The molecule has 2 N–H and O–H groups in total. The molecule has 0 spiro atoms. The van der Waals surface area contributed by atoms with Crippen molar-refractivity contribution in [2.45, 2.75) is 13.5 Å². The number of likely N-dealkylation sites (N-methyl/N-ethyl adjacent to an activating group) is 1. The van der Waals surface area contributed by atoms with Crippen LogP contribution in [0.3, 0.4) is 0 Å². The van der Waals surface area contributed by atoms with Gasteiger partial charge in [-0.1, -0.05) is 60.7 Å². The molecule has 0 bridgehead atoms. The Morgan fingerprint density at radius 1 is 0.912 bits per heavy atom. The molecule has 4 rings (SSSR count). The van der Waals surface area contributed by atoms with E-state index < -0.39 is 0 Å². The highest BCUT2D eigenvalue weighted by Gasteiger charge is 2.18. The largest absolute Gasteiger partial charge is 0.484 e. The first-order valence-corrected chi connectivity index (χ1v) is 11.1. The molecule has 0 radical (unpaired) electrons. The zero-order valence-corrected chi connectivity index (χ0v) is 18.9. The molecule has 1 aromatic heterocycles. The summed E-state index contributed by atoms with van der Waals surface area (Å²) < 4.78 is 7.25. The number of amides is 2. The lowest BCUT2D eigenvalue weighted by atomic mass is 10.1. The molecule has 7 nitrogen and oxygen atoms in total. The summed E-state index contributed by atoms with van der Waals surface area (Å²) in [5.41, 5.74) is 3.69. The van der Waals surface area contributed by atoms with E-state index in [-0.39, 0.29) is 18.4 Å². The van der Waals surface area contributed by atoms with Gasteiger partial charge in [0.1, 0.15) is 11.4 Å². The average Bonchev–Trinajstić information content (AvgIpc) is 3.29. The number of ether oxygens (including phenoxy) is 1. The van der Waals surface area contributed by atoms with Gasteiger partial charge in [-0.25, -0.2) is 0 Å². The highest BCUT2D eigenvalue weighted by atomic mass is 16.5. The molecule has 34 heavy (non-hydrogen) atoms. The van der Waals surface area contributed by atoms with Gasteiger partial charge < -0.3 is 15.4 Å². The van der Waals surface area contributed by atoms with E-state index >= 15 is 0 Å². The van der Waals surface area contributed by atoms with Crippen LogP contribution in [0.2, 0.25) is 0 Å². The van der Waals surface area contributed by atoms with Crippen LogP contribution in [0.1, 0.15) is 22.8 Å². The molecule has 0 aliphatic heterocycles. The third-order valence-corrected chi connectivity index (χ3v) is 5.10. The van der Waals surface area contributed by atoms with Crippen molar-refractivity contribution in [1.29, 1.82) is 0 Å². The van der Waals surface area contributed by atoms with Gasteiger partial charge in [0.2, 0.25) is 0 Å². The lowest BCUT2D eigenvalue weighted by Gasteiger charge is -2.08. The topological polar surface area (TPSA) is 85.3 Å². The number of nitrogens with one attached hydrogen (secondary N) is 2. The standard InChI is InChI=1S/C27H26N4O3/c1-2-28-25(32)19-34-23-15-13-22(14-16-23)29-27(33)24-18-31(17-20-9-5-3-6-10-20)30-26(24)21-11-7-4-8-12-21/h3-16,18H,2,17,19H2,1H3,(H,28,32)(H,29,33). The van der Waals surface area contributed by atoms with E-state index in [9.17, 15) is 9.59 Å². The predicted octanol–water partition coefficient (Wildman–Crippen LogP) is 4.37. The molecular weight excluding hydrogens is 428 g/mol. The number of nitrogens with zero attached hydrogens (tertiary/aromatic N) is 2. The Balaban J connectivity index is 1.51. The summed E-state index contributed by atoms with van der Waals surface area (Å²) in [6, 6.07) is 26.5. The average molecular weight is 455 g/mol. The Hall–Kier alpha value is -4.39. The Kier molecular flexibility index (Phi) is 7.35. The second-order valence-electron chi connectivity index (χ2n) is 7.66. The van der Waals surface area contributed by atoms with Crippen molar-refractivity contribution in [2.24, 2.45) is 0 Å². The molecule has 0 atom stereocenters. The second-order valence-corrected chi connectivity index (χ2v) is 7.66. The van der Waals surface area contributed by atoms with E-state index in [1.807, 2.05) is 67.6 Å². The van der Waals surface area contributed by atoms with Crippen LogP contribution in [-0.4, -0.2) is 34.7 Å². The molecule has 0 saturated heterocycles. The number of aromatic nitrogens is 2. The van der Waals surface area contributed by atoms with Crippen LogP contribution in [0.5, 0.6) is 5.75 Å². The first-order chi connectivity index (χ1) is 16.6. The van der Waals surface area contributed by atoms with Crippen molar-refractivity contribution >= 4 is 17.5 Å². The maximum atomic E-state index is 13.2. The summed E-state index contributed by atoms with van der Waals surface area (Å²) in [6.45, 7) is 2.91. The maximum absolute atomic E-state index is 13.2. The minimum absolute atomic E-state index is 0.0550.